The van der Waals surface area contributed by atoms with Crippen LogP contribution in [0.15, 0.2) is 54.6 Å². The van der Waals surface area contributed by atoms with Crippen molar-refractivity contribution >= 4 is 12.0 Å². The van der Waals surface area contributed by atoms with Gasteiger partial charge in [0, 0.05) is 18.7 Å². The molecule has 0 saturated carbocycles. The van der Waals surface area contributed by atoms with Crippen molar-refractivity contribution in [3.05, 3.63) is 77.1 Å². The summed E-state index contributed by atoms with van der Waals surface area (Å²) in [5.74, 6) is -0.536. The maximum Gasteiger partial charge on any atom is 0.330 e. The number of likely N-dealkylation sites (tertiary alicyclic amines) is 1. The summed E-state index contributed by atoms with van der Waals surface area (Å²) in [6.07, 6.45) is 6.46. The van der Waals surface area contributed by atoms with E-state index in [9.17, 15) is 9.18 Å². The SMILES string of the molecule is COC(=O)C=Cc1ccc([C@@H]2CCCN2CCc2ccc(F)cc2)cc1. The summed E-state index contributed by atoms with van der Waals surface area (Å²) in [5.41, 5.74) is 3.45. The van der Waals surface area contributed by atoms with Crippen LogP contribution in [0.25, 0.3) is 6.08 Å². The lowest BCUT2D eigenvalue weighted by atomic mass is 10.0. The van der Waals surface area contributed by atoms with E-state index < -0.39 is 0 Å². The topological polar surface area (TPSA) is 29.5 Å². The Balaban J connectivity index is 1.61. The van der Waals surface area contributed by atoms with Crippen LogP contribution >= 0.6 is 0 Å². The third-order valence-electron chi connectivity index (χ3n) is 4.90. The normalized spacial score (nSPS) is 17.7. The molecule has 2 aromatic rings. The molecule has 4 heteroatoms. The van der Waals surface area contributed by atoms with Crippen molar-refractivity contribution < 1.29 is 13.9 Å². The molecule has 0 amide bonds. The molecule has 0 aromatic heterocycles. The van der Waals surface area contributed by atoms with Gasteiger partial charge in [-0.05, 0) is 60.7 Å². The Morgan fingerprint density at radius 2 is 1.92 bits per heavy atom. The molecule has 1 saturated heterocycles. The van der Waals surface area contributed by atoms with Gasteiger partial charge < -0.3 is 4.74 Å². The molecule has 0 radical (unpaired) electrons. The molecule has 1 fully saturated rings. The number of benzene rings is 2. The van der Waals surface area contributed by atoms with Gasteiger partial charge in [0.05, 0.1) is 7.11 Å². The zero-order valence-electron chi connectivity index (χ0n) is 15.0. The molecule has 0 unspecified atom stereocenters. The Labute approximate surface area is 154 Å². The maximum absolute atomic E-state index is 13.0. The van der Waals surface area contributed by atoms with Crippen LogP contribution in [0.5, 0.6) is 0 Å². The Morgan fingerprint density at radius 3 is 2.62 bits per heavy atom. The molecule has 1 heterocycles. The predicted molar refractivity (Wildman–Crippen MR) is 101 cm³/mol. The number of hydrogen-bond donors (Lipinski definition) is 0. The molecule has 1 atom stereocenters. The van der Waals surface area contributed by atoms with E-state index in [1.54, 1.807) is 6.08 Å². The van der Waals surface area contributed by atoms with Crippen LogP contribution in [0.4, 0.5) is 4.39 Å². The molecule has 136 valence electrons. The molecule has 1 aliphatic rings. The van der Waals surface area contributed by atoms with Gasteiger partial charge >= 0.3 is 5.97 Å². The smallest absolute Gasteiger partial charge is 0.330 e. The van der Waals surface area contributed by atoms with Crippen LogP contribution in [0.3, 0.4) is 0 Å². The van der Waals surface area contributed by atoms with Crippen molar-refractivity contribution in [3.63, 3.8) is 0 Å². The number of rotatable bonds is 6. The van der Waals surface area contributed by atoms with Crippen molar-refractivity contribution in [1.82, 2.24) is 4.90 Å². The molecule has 3 rings (SSSR count). The summed E-state index contributed by atoms with van der Waals surface area (Å²) in [4.78, 5) is 13.7. The highest BCUT2D eigenvalue weighted by molar-refractivity contribution is 5.86. The molecule has 1 aliphatic heterocycles. The van der Waals surface area contributed by atoms with E-state index in [1.165, 1.54) is 42.9 Å². The first-order valence-electron chi connectivity index (χ1n) is 9.00. The number of hydrogen-bond acceptors (Lipinski definition) is 3. The van der Waals surface area contributed by atoms with Gasteiger partial charge in [-0.25, -0.2) is 9.18 Å². The van der Waals surface area contributed by atoms with Gasteiger partial charge in [0.2, 0.25) is 0 Å². The molecule has 26 heavy (non-hydrogen) atoms. The van der Waals surface area contributed by atoms with Crippen LogP contribution in [-0.2, 0) is 16.0 Å². The van der Waals surface area contributed by atoms with Gasteiger partial charge in [0.1, 0.15) is 5.82 Å². The lowest BCUT2D eigenvalue weighted by Crippen LogP contribution is -2.25. The Bertz CT molecular complexity index is 753. The molecule has 0 aliphatic carbocycles. The van der Waals surface area contributed by atoms with Crippen LogP contribution in [-0.4, -0.2) is 31.1 Å². The van der Waals surface area contributed by atoms with Crippen LogP contribution in [0.1, 0.15) is 35.6 Å². The number of esters is 1. The summed E-state index contributed by atoms with van der Waals surface area (Å²) in [7, 11) is 1.37. The van der Waals surface area contributed by atoms with Crippen molar-refractivity contribution in [2.75, 3.05) is 20.2 Å². The fourth-order valence-corrected chi connectivity index (χ4v) is 3.46. The zero-order valence-corrected chi connectivity index (χ0v) is 15.0. The fourth-order valence-electron chi connectivity index (χ4n) is 3.46. The van der Waals surface area contributed by atoms with E-state index >= 15 is 0 Å². The second kappa shape index (κ2) is 8.77. The monoisotopic (exact) mass is 353 g/mol. The number of methoxy groups -OCH3 is 1. The van der Waals surface area contributed by atoms with Gasteiger partial charge in [0.15, 0.2) is 0 Å². The minimum atomic E-state index is -0.350. The van der Waals surface area contributed by atoms with Gasteiger partial charge in [0.25, 0.3) is 0 Å². The third-order valence-corrected chi connectivity index (χ3v) is 4.90. The summed E-state index contributed by atoms with van der Waals surface area (Å²) < 4.78 is 17.6. The van der Waals surface area contributed by atoms with Crippen molar-refractivity contribution in [2.24, 2.45) is 0 Å². The van der Waals surface area contributed by atoms with Crippen molar-refractivity contribution in [1.29, 1.82) is 0 Å². The second-order valence-corrected chi connectivity index (χ2v) is 6.59. The average Bonchev–Trinajstić information content (AvgIpc) is 3.14. The molecule has 0 N–H and O–H groups in total. The summed E-state index contributed by atoms with van der Waals surface area (Å²) in [6, 6.07) is 15.5. The highest BCUT2D eigenvalue weighted by Crippen LogP contribution is 2.32. The van der Waals surface area contributed by atoms with Crippen LogP contribution in [0, 0.1) is 5.82 Å². The lowest BCUT2D eigenvalue weighted by molar-refractivity contribution is -0.134. The van der Waals surface area contributed by atoms with E-state index in [1.807, 2.05) is 24.3 Å². The number of carbonyl (C=O) groups is 1. The average molecular weight is 353 g/mol. The van der Waals surface area contributed by atoms with E-state index in [0.717, 1.165) is 31.5 Å². The van der Waals surface area contributed by atoms with Gasteiger partial charge in [-0.1, -0.05) is 36.4 Å². The first kappa shape index (κ1) is 18.3. The summed E-state index contributed by atoms with van der Waals surface area (Å²) >= 11 is 0. The second-order valence-electron chi connectivity index (χ2n) is 6.59. The molecule has 0 spiro atoms. The fraction of sp³-hybridized carbons (Fsp3) is 0.318. The van der Waals surface area contributed by atoms with E-state index in [4.69, 9.17) is 0 Å². The largest absolute Gasteiger partial charge is 0.466 e. The number of carbonyl (C=O) groups excluding carboxylic acids is 1. The van der Waals surface area contributed by atoms with E-state index in [0.29, 0.717) is 6.04 Å². The third kappa shape index (κ3) is 4.79. The lowest BCUT2D eigenvalue weighted by Gasteiger charge is -2.25. The minimum Gasteiger partial charge on any atom is -0.466 e. The molecule has 2 aromatic carbocycles. The summed E-state index contributed by atoms with van der Waals surface area (Å²) in [6.45, 7) is 2.07. The zero-order chi connectivity index (χ0) is 18.4. The van der Waals surface area contributed by atoms with E-state index in [-0.39, 0.29) is 11.8 Å². The molecule has 0 bridgehead atoms. The standard InChI is InChI=1S/C22H24FNO2/c1-26-22(25)13-8-17-4-9-19(10-5-17)21-3-2-15-24(21)16-14-18-6-11-20(23)12-7-18/h4-13,21H,2-3,14-16H2,1H3/t21-/m0/s1. The Kier molecular flexibility index (Phi) is 6.18. The van der Waals surface area contributed by atoms with Gasteiger partial charge in [-0.3, -0.25) is 4.90 Å². The Hall–Kier alpha value is -2.46. The number of halogens is 1. The summed E-state index contributed by atoms with van der Waals surface area (Å²) in [5, 5.41) is 0. The molecular weight excluding hydrogens is 329 g/mol. The maximum atomic E-state index is 13.0. The van der Waals surface area contributed by atoms with Crippen molar-refractivity contribution in [3.8, 4) is 0 Å². The molecular formula is C22H24FNO2. The van der Waals surface area contributed by atoms with Crippen LogP contribution in [0.2, 0.25) is 0 Å². The van der Waals surface area contributed by atoms with Gasteiger partial charge in [-0.15, -0.1) is 0 Å². The Morgan fingerprint density at radius 1 is 1.19 bits per heavy atom. The van der Waals surface area contributed by atoms with Crippen LogP contribution < -0.4 is 0 Å². The highest BCUT2D eigenvalue weighted by Gasteiger charge is 2.25. The van der Waals surface area contributed by atoms with Crippen molar-refractivity contribution in [2.45, 2.75) is 25.3 Å². The first-order chi connectivity index (χ1) is 12.7. The molecule has 3 nitrogen and oxygen atoms in total. The number of ether oxygens (including phenoxy) is 1. The predicted octanol–water partition coefficient (Wildman–Crippen LogP) is 4.39. The quantitative estimate of drug-likeness (QED) is 0.570. The highest BCUT2D eigenvalue weighted by atomic mass is 19.1. The van der Waals surface area contributed by atoms with Gasteiger partial charge in [-0.2, -0.15) is 0 Å². The first-order valence-corrected chi connectivity index (χ1v) is 9.00. The number of nitrogens with zero attached hydrogens (tertiary/aromatic N) is 1. The minimum absolute atomic E-state index is 0.186. The van der Waals surface area contributed by atoms with E-state index in [2.05, 4.69) is 21.8 Å².